The molecule has 0 saturated heterocycles. The third-order valence-electron chi connectivity index (χ3n) is 5.75. The molecule has 0 aliphatic heterocycles. The highest BCUT2D eigenvalue weighted by Crippen LogP contribution is 2.31. The van der Waals surface area contributed by atoms with Gasteiger partial charge in [0, 0.05) is 18.0 Å². The van der Waals surface area contributed by atoms with E-state index in [-0.39, 0.29) is 11.4 Å². The van der Waals surface area contributed by atoms with Crippen molar-refractivity contribution < 1.29 is 4.79 Å². The highest BCUT2D eigenvalue weighted by Gasteiger charge is 2.33. The molecule has 0 radical (unpaired) electrons. The summed E-state index contributed by atoms with van der Waals surface area (Å²) >= 11 is 0. The first kappa shape index (κ1) is 16.8. The van der Waals surface area contributed by atoms with Gasteiger partial charge in [-0.3, -0.25) is 4.79 Å². The minimum absolute atomic E-state index is 0.0712. The van der Waals surface area contributed by atoms with Crippen LogP contribution in [0, 0.1) is 5.92 Å². The molecule has 0 aromatic carbocycles. The Morgan fingerprint density at radius 1 is 1.10 bits per heavy atom. The van der Waals surface area contributed by atoms with Gasteiger partial charge in [0.25, 0.3) is 0 Å². The quantitative estimate of drug-likeness (QED) is 0.783. The molecule has 2 rings (SSSR count). The van der Waals surface area contributed by atoms with E-state index in [1.165, 1.54) is 57.8 Å². The number of rotatable bonds is 6. The molecule has 2 aliphatic rings. The van der Waals surface area contributed by atoms with Crippen LogP contribution in [0.4, 0.5) is 0 Å². The van der Waals surface area contributed by atoms with Crippen LogP contribution in [0.2, 0.25) is 0 Å². The van der Waals surface area contributed by atoms with Crippen LogP contribution in [-0.4, -0.2) is 24.5 Å². The van der Waals surface area contributed by atoms with Gasteiger partial charge < -0.3 is 10.6 Å². The first-order valence-corrected chi connectivity index (χ1v) is 9.16. The summed E-state index contributed by atoms with van der Waals surface area (Å²) in [7, 11) is 2.02. The average Bonchev–Trinajstić information content (AvgIpc) is 2.50. The van der Waals surface area contributed by atoms with Gasteiger partial charge in [-0.2, -0.15) is 0 Å². The van der Waals surface area contributed by atoms with Crippen LogP contribution >= 0.6 is 0 Å². The molecule has 0 heterocycles. The molecule has 1 amide bonds. The molecule has 0 unspecified atom stereocenters. The Morgan fingerprint density at radius 3 is 2.33 bits per heavy atom. The Balaban J connectivity index is 1.74. The van der Waals surface area contributed by atoms with Crippen molar-refractivity contribution in [2.45, 2.75) is 95.6 Å². The first-order chi connectivity index (χ1) is 10.2. The van der Waals surface area contributed by atoms with Crippen LogP contribution in [-0.2, 0) is 4.79 Å². The lowest BCUT2D eigenvalue weighted by molar-refractivity contribution is -0.123. The van der Waals surface area contributed by atoms with E-state index in [1.807, 2.05) is 7.05 Å². The Bertz CT molecular complexity index is 315. The summed E-state index contributed by atoms with van der Waals surface area (Å²) in [5.74, 6) is 1.18. The second-order valence-electron chi connectivity index (χ2n) is 7.34. The summed E-state index contributed by atoms with van der Waals surface area (Å²) in [5.41, 5.74) is 0.0712. The summed E-state index contributed by atoms with van der Waals surface area (Å²) in [4.78, 5) is 12.4. The molecule has 3 heteroatoms. The second-order valence-corrected chi connectivity index (χ2v) is 7.34. The van der Waals surface area contributed by atoms with Gasteiger partial charge >= 0.3 is 0 Å². The van der Waals surface area contributed by atoms with E-state index < -0.39 is 0 Å². The third-order valence-corrected chi connectivity index (χ3v) is 5.75. The van der Waals surface area contributed by atoms with Gasteiger partial charge in [0.15, 0.2) is 0 Å². The maximum Gasteiger partial charge on any atom is 0.222 e. The van der Waals surface area contributed by atoms with Crippen molar-refractivity contribution in [1.82, 2.24) is 10.6 Å². The largest absolute Gasteiger partial charge is 0.353 e. The van der Waals surface area contributed by atoms with Crippen LogP contribution < -0.4 is 10.6 Å². The lowest BCUT2D eigenvalue weighted by Crippen LogP contribution is -2.49. The molecule has 0 bridgehead atoms. The summed E-state index contributed by atoms with van der Waals surface area (Å²) < 4.78 is 0. The molecular weight excluding hydrogens is 260 g/mol. The summed E-state index contributed by atoms with van der Waals surface area (Å²) in [6.07, 6.45) is 14.4. The van der Waals surface area contributed by atoms with Gasteiger partial charge in [0.05, 0.1) is 0 Å². The molecule has 0 spiro atoms. The Labute approximate surface area is 130 Å². The fourth-order valence-electron chi connectivity index (χ4n) is 4.33. The molecule has 2 saturated carbocycles. The van der Waals surface area contributed by atoms with Gasteiger partial charge in [0.2, 0.25) is 5.91 Å². The van der Waals surface area contributed by atoms with E-state index in [4.69, 9.17) is 0 Å². The maximum atomic E-state index is 12.4. The third kappa shape index (κ3) is 4.98. The van der Waals surface area contributed by atoms with Gasteiger partial charge in [-0.15, -0.1) is 0 Å². The van der Waals surface area contributed by atoms with Gasteiger partial charge in [0.1, 0.15) is 0 Å². The zero-order chi connectivity index (χ0) is 15.1. The molecular formula is C18H34N2O. The number of hydrogen-bond acceptors (Lipinski definition) is 2. The van der Waals surface area contributed by atoms with E-state index in [0.29, 0.717) is 12.5 Å². The Hall–Kier alpha value is -0.570. The smallest absolute Gasteiger partial charge is 0.222 e. The van der Waals surface area contributed by atoms with Gasteiger partial charge in [-0.25, -0.2) is 0 Å². The molecule has 2 aliphatic carbocycles. The van der Waals surface area contributed by atoms with Crippen molar-refractivity contribution in [3.63, 3.8) is 0 Å². The highest BCUT2D eigenvalue weighted by atomic mass is 16.1. The molecule has 0 aromatic heterocycles. The average molecular weight is 294 g/mol. The number of hydrogen-bond donors (Lipinski definition) is 2. The van der Waals surface area contributed by atoms with Crippen molar-refractivity contribution in [3.05, 3.63) is 0 Å². The zero-order valence-electron chi connectivity index (χ0n) is 14.0. The van der Waals surface area contributed by atoms with Crippen LogP contribution in [0.25, 0.3) is 0 Å². The number of nitrogens with one attached hydrogen (secondary N) is 2. The lowest BCUT2D eigenvalue weighted by atomic mass is 9.79. The highest BCUT2D eigenvalue weighted by molar-refractivity contribution is 5.77. The van der Waals surface area contributed by atoms with Crippen molar-refractivity contribution in [1.29, 1.82) is 0 Å². The first-order valence-electron chi connectivity index (χ1n) is 9.16. The maximum absolute atomic E-state index is 12.4. The summed E-state index contributed by atoms with van der Waals surface area (Å²) in [5, 5.41) is 6.76. The van der Waals surface area contributed by atoms with E-state index in [2.05, 4.69) is 17.6 Å². The Morgan fingerprint density at radius 2 is 1.76 bits per heavy atom. The zero-order valence-corrected chi connectivity index (χ0v) is 14.0. The van der Waals surface area contributed by atoms with Crippen molar-refractivity contribution in [2.75, 3.05) is 7.05 Å². The van der Waals surface area contributed by atoms with E-state index in [1.54, 1.807) is 0 Å². The number of amides is 1. The summed E-state index contributed by atoms with van der Waals surface area (Å²) in [6.45, 7) is 2.27. The van der Waals surface area contributed by atoms with Gasteiger partial charge in [-0.1, -0.05) is 39.0 Å². The molecule has 2 fully saturated rings. The molecule has 2 N–H and O–H groups in total. The van der Waals surface area contributed by atoms with Gasteiger partial charge in [-0.05, 0) is 51.5 Å². The van der Waals surface area contributed by atoms with E-state index >= 15 is 0 Å². The Kier molecular flexibility index (Phi) is 6.53. The molecule has 0 atom stereocenters. The molecule has 21 heavy (non-hydrogen) atoms. The van der Waals surface area contributed by atoms with E-state index in [9.17, 15) is 4.79 Å². The molecule has 3 nitrogen and oxygen atoms in total. The number of carbonyl (C=O) groups is 1. The molecule has 0 aromatic rings. The van der Waals surface area contributed by atoms with Crippen molar-refractivity contribution >= 4 is 5.91 Å². The minimum atomic E-state index is 0.0712. The normalized spacial score (nSPS) is 29.0. The van der Waals surface area contributed by atoms with Crippen LogP contribution in [0.1, 0.15) is 84.0 Å². The van der Waals surface area contributed by atoms with Crippen molar-refractivity contribution in [3.8, 4) is 0 Å². The topological polar surface area (TPSA) is 41.1 Å². The minimum Gasteiger partial charge on any atom is -0.353 e. The lowest BCUT2D eigenvalue weighted by Gasteiger charge is -2.37. The van der Waals surface area contributed by atoms with Crippen LogP contribution in [0.15, 0.2) is 0 Å². The van der Waals surface area contributed by atoms with Crippen LogP contribution in [0.3, 0.4) is 0 Å². The summed E-state index contributed by atoms with van der Waals surface area (Å²) in [6, 6.07) is 0.433. The van der Waals surface area contributed by atoms with Crippen LogP contribution in [0.5, 0.6) is 0 Å². The number of carbonyl (C=O) groups excluding carboxylic acids is 1. The molecule has 122 valence electrons. The fraction of sp³-hybridized carbons (Fsp3) is 0.944. The second kappa shape index (κ2) is 8.17. The fourth-order valence-corrected chi connectivity index (χ4v) is 4.33. The SMILES string of the molecule is CCCC1CCC(NC(=O)CC2(NC)CCCCC2)CC1. The van der Waals surface area contributed by atoms with E-state index in [0.717, 1.165) is 18.8 Å². The monoisotopic (exact) mass is 294 g/mol. The predicted octanol–water partition coefficient (Wildman–Crippen LogP) is 3.77. The predicted molar refractivity (Wildman–Crippen MR) is 88.3 cm³/mol. The standard InChI is InChI=1S/C18H34N2O/c1-3-7-15-8-10-16(11-9-15)20-17(21)14-18(19-2)12-5-4-6-13-18/h15-16,19H,3-14H2,1-2H3,(H,20,21). The van der Waals surface area contributed by atoms with Crippen molar-refractivity contribution in [2.24, 2.45) is 5.92 Å².